The molecule has 0 N–H and O–H groups in total. The van der Waals surface area contributed by atoms with E-state index in [0.29, 0.717) is 33.1 Å². The molecule has 0 amide bonds. The van der Waals surface area contributed by atoms with Crippen LogP contribution < -0.4 is 10.5 Å². The highest BCUT2D eigenvalue weighted by Gasteiger charge is 2.17. The van der Waals surface area contributed by atoms with Gasteiger partial charge in [0.1, 0.15) is 5.58 Å². The maximum atomic E-state index is 13.5. The highest BCUT2D eigenvalue weighted by molar-refractivity contribution is 6.31. The van der Waals surface area contributed by atoms with Crippen LogP contribution in [-0.4, -0.2) is 29.0 Å². The van der Waals surface area contributed by atoms with Gasteiger partial charge in [0.25, 0.3) is 5.56 Å². The Morgan fingerprint density at radius 2 is 1.86 bits per heavy atom. The normalized spacial score (nSPS) is 14.1. The van der Waals surface area contributed by atoms with Crippen molar-refractivity contribution in [3.63, 3.8) is 0 Å². The predicted molar refractivity (Wildman–Crippen MR) is 142 cm³/mol. The molecule has 2 aromatic heterocycles. The lowest BCUT2D eigenvalue weighted by Gasteiger charge is -2.18. The summed E-state index contributed by atoms with van der Waals surface area (Å²) < 4.78 is 7.36. The van der Waals surface area contributed by atoms with Gasteiger partial charge in [-0.3, -0.25) is 4.79 Å². The summed E-state index contributed by atoms with van der Waals surface area (Å²) in [5.74, 6) is 0.784. The summed E-state index contributed by atoms with van der Waals surface area (Å²) in [5, 5.41) is 6.53. The SMILES string of the molecule is Cc1cc(N2CCCC2)ccc1C=Nn1c(-c2cc3cc(Cl)ccc3o2)nc2ccccc2c1=O. The minimum absolute atomic E-state index is 0.258. The van der Waals surface area contributed by atoms with Gasteiger partial charge in [0, 0.05) is 29.2 Å². The van der Waals surface area contributed by atoms with Gasteiger partial charge in [-0.05, 0) is 79.4 Å². The molecule has 3 aromatic carbocycles. The summed E-state index contributed by atoms with van der Waals surface area (Å²) in [7, 11) is 0. The predicted octanol–water partition coefficient (Wildman–Crippen LogP) is 6.25. The Balaban J connectivity index is 1.47. The average molecular weight is 483 g/mol. The van der Waals surface area contributed by atoms with Gasteiger partial charge in [0.2, 0.25) is 5.82 Å². The summed E-state index contributed by atoms with van der Waals surface area (Å²) in [4.78, 5) is 20.6. The fourth-order valence-electron chi connectivity index (χ4n) is 4.61. The molecule has 0 bridgehead atoms. The zero-order valence-corrected chi connectivity index (χ0v) is 20.0. The molecular formula is C28H23ClN4O2. The number of fused-ring (bicyclic) bond motifs is 2. The van der Waals surface area contributed by atoms with Crippen molar-refractivity contribution in [3.05, 3.63) is 93.2 Å². The van der Waals surface area contributed by atoms with E-state index < -0.39 is 0 Å². The summed E-state index contributed by atoms with van der Waals surface area (Å²) >= 11 is 6.15. The lowest BCUT2D eigenvalue weighted by Crippen LogP contribution is -2.20. The quantitative estimate of drug-likeness (QED) is 0.284. The summed E-state index contributed by atoms with van der Waals surface area (Å²) in [6.07, 6.45) is 4.18. The van der Waals surface area contributed by atoms with Crippen molar-refractivity contribution < 1.29 is 4.42 Å². The summed E-state index contributed by atoms with van der Waals surface area (Å²) in [5.41, 5.74) is 4.25. The number of para-hydroxylation sites is 1. The van der Waals surface area contributed by atoms with E-state index in [-0.39, 0.29) is 5.56 Å². The van der Waals surface area contributed by atoms with Crippen LogP contribution in [0.15, 0.2) is 81.0 Å². The van der Waals surface area contributed by atoms with Crippen molar-refractivity contribution in [3.8, 4) is 11.6 Å². The highest BCUT2D eigenvalue weighted by Crippen LogP contribution is 2.29. The van der Waals surface area contributed by atoms with E-state index >= 15 is 0 Å². The number of halogens is 1. The summed E-state index contributed by atoms with van der Waals surface area (Å²) in [6.45, 7) is 4.25. The molecule has 1 saturated heterocycles. The minimum Gasteiger partial charge on any atom is -0.453 e. The first kappa shape index (κ1) is 21.6. The topological polar surface area (TPSA) is 63.6 Å². The number of aryl methyl sites for hydroxylation is 1. The number of furan rings is 1. The molecule has 5 aromatic rings. The van der Waals surface area contributed by atoms with Crippen LogP contribution >= 0.6 is 11.6 Å². The molecule has 1 fully saturated rings. The van der Waals surface area contributed by atoms with Gasteiger partial charge >= 0.3 is 0 Å². The zero-order valence-electron chi connectivity index (χ0n) is 19.2. The third-order valence-corrected chi connectivity index (χ3v) is 6.72. The minimum atomic E-state index is -0.258. The number of hydrogen-bond acceptors (Lipinski definition) is 5. The molecular weight excluding hydrogens is 460 g/mol. The van der Waals surface area contributed by atoms with E-state index in [0.717, 1.165) is 29.6 Å². The van der Waals surface area contributed by atoms with Crippen molar-refractivity contribution >= 4 is 45.4 Å². The Kier molecular flexibility index (Phi) is 5.38. The first-order valence-corrected chi connectivity index (χ1v) is 12.1. The smallest absolute Gasteiger partial charge is 0.282 e. The zero-order chi connectivity index (χ0) is 23.9. The molecule has 0 atom stereocenters. The first-order chi connectivity index (χ1) is 17.1. The average Bonchev–Trinajstić information content (AvgIpc) is 3.54. The second kappa shape index (κ2) is 8.71. The second-order valence-electron chi connectivity index (χ2n) is 8.84. The first-order valence-electron chi connectivity index (χ1n) is 11.7. The number of hydrogen-bond donors (Lipinski definition) is 0. The van der Waals surface area contributed by atoms with E-state index in [1.165, 1.54) is 23.2 Å². The van der Waals surface area contributed by atoms with Crippen molar-refractivity contribution in [1.29, 1.82) is 0 Å². The number of nitrogens with zero attached hydrogens (tertiary/aromatic N) is 4. The Morgan fingerprint density at radius 1 is 1.03 bits per heavy atom. The van der Waals surface area contributed by atoms with Crippen LogP contribution in [0.5, 0.6) is 0 Å². The molecule has 0 saturated carbocycles. The number of aromatic nitrogens is 2. The molecule has 6 rings (SSSR count). The van der Waals surface area contributed by atoms with Crippen molar-refractivity contribution in [2.24, 2.45) is 5.10 Å². The van der Waals surface area contributed by atoms with Crippen LogP contribution in [0.3, 0.4) is 0 Å². The molecule has 7 heteroatoms. The van der Waals surface area contributed by atoms with Crippen molar-refractivity contribution in [2.45, 2.75) is 19.8 Å². The van der Waals surface area contributed by atoms with Crippen LogP contribution in [0.25, 0.3) is 33.5 Å². The van der Waals surface area contributed by atoms with Gasteiger partial charge in [0.15, 0.2) is 5.76 Å². The molecule has 1 aliphatic rings. The van der Waals surface area contributed by atoms with Gasteiger partial charge in [0.05, 0.1) is 17.1 Å². The fraction of sp³-hybridized carbons (Fsp3) is 0.179. The Labute approximate surface area is 207 Å². The molecule has 174 valence electrons. The van der Waals surface area contributed by atoms with Crippen LogP contribution in [0.2, 0.25) is 5.02 Å². The lowest BCUT2D eigenvalue weighted by atomic mass is 10.1. The van der Waals surface area contributed by atoms with Gasteiger partial charge in [-0.2, -0.15) is 9.78 Å². The van der Waals surface area contributed by atoms with Crippen LogP contribution in [0.4, 0.5) is 5.69 Å². The van der Waals surface area contributed by atoms with Crippen molar-refractivity contribution in [2.75, 3.05) is 18.0 Å². The molecule has 1 aliphatic heterocycles. The summed E-state index contributed by atoms with van der Waals surface area (Å²) in [6, 6.07) is 20.8. The largest absolute Gasteiger partial charge is 0.453 e. The maximum absolute atomic E-state index is 13.5. The number of benzene rings is 3. The Morgan fingerprint density at radius 3 is 2.69 bits per heavy atom. The molecule has 0 spiro atoms. The van der Waals surface area contributed by atoms with E-state index in [4.69, 9.17) is 21.0 Å². The monoisotopic (exact) mass is 482 g/mol. The number of anilines is 1. The van der Waals surface area contributed by atoms with Crippen LogP contribution in [0, 0.1) is 6.92 Å². The number of rotatable bonds is 4. The van der Waals surface area contributed by atoms with E-state index in [1.54, 1.807) is 24.4 Å². The molecule has 3 heterocycles. The van der Waals surface area contributed by atoms with Gasteiger partial charge in [-0.1, -0.05) is 29.8 Å². The van der Waals surface area contributed by atoms with Crippen molar-refractivity contribution in [1.82, 2.24) is 9.66 Å². The molecule has 35 heavy (non-hydrogen) atoms. The van der Waals surface area contributed by atoms with Crippen LogP contribution in [0.1, 0.15) is 24.0 Å². The molecule has 0 radical (unpaired) electrons. The Hall–Kier alpha value is -3.90. The highest BCUT2D eigenvalue weighted by atomic mass is 35.5. The Bertz CT molecular complexity index is 1660. The van der Waals surface area contributed by atoms with Gasteiger partial charge in [-0.25, -0.2) is 4.98 Å². The van der Waals surface area contributed by atoms with Gasteiger partial charge in [-0.15, -0.1) is 0 Å². The van der Waals surface area contributed by atoms with Gasteiger partial charge < -0.3 is 9.32 Å². The van der Waals surface area contributed by atoms with E-state index in [2.05, 4.69) is 35.1 Å². The maximum Gasteiger partial charge on any atom is 0.282 e. The third-order valence-electron chi connectivity index (χ3n) is 6.49. The van der Waals surface area contributed by atoms with E-state index in [9.17, 15) is 4.79 Å². The standard InChI is InChI=1S/C28H23ClN4O2/c1-18-14-22(32-12-4-5-13-32)10-8-19(18)17-30-33-27(31-24-7-3-2-6-23(24)28(33)34)26-16-20-15-21(29)9-11-25(20)35-26/h2-3,6-11,14-17H,4-5,12-13H2,1H3. The molecule has 0 unspecified atom stereocenters. The molecule has 0 aliphatic carbocycles. The fourth-order valence-corrected chi connectivity index (χ4v) is 4.79. The lowest BCUT2D eigenvalue weighted by molar-refractivity contribution is 0.616. The molecule has 6 nitrogen and oxygen atoms in total. The third kappa shape index (κ3) is 4.00. The van der Waals surface area contributed by atoms with E-state index in [1.807, 2.05) is 30.3 Å². The van der Waals surface area contributed by atoms with Crippen LogP contribution in [-0.2, 0) is 0 Å². The second-order valence-corrected chi connectivity index (χ2v) is 9.28.